The number of hydrogen-bond donors (Lipinski definition) is 0. The van der Waals surface area contributed by atoms with Crippen LogP contribution in [0.15, 0.2) is 48.9 Å². The van der Waals surface area contributed by atoms with E-state index in [2.05, 4.69) is 9.97 Å². The maximum atomic E-state index is 4.14. The summed E-state index contributed by atoms with van der Waals surface area (Å²) in [6, 6.07) is 11.9. The molecule has 0 saturated heterocycles. The van der Waals surface area contributed by atoms with Crippen LogP contribution in [0.4, 0.5) is 0 Å². The van der Waals surface area contributed by atoms with Gasteiger partial charge >= 0.3 is 0 Å². The van der Waals surface area contributed by atoms with Crippen molar-refractivity contribution in [3.8, 4) is 11.3 Å². The Morgan fingerprint density at radius 3 is 1.94 bits per heavy atom. The quantitative estimate of drug-likeness (QED) is 0.714. The molecule has 1 heterocycles. The molecule has 0 spiro atoms. The van der Waals surface area contributed by atoms with Crippen LogP contribution >= 0.6 is 0 Å². The van der Waals surface area contributed by atoms with Gasteiger partial charge in [-0.05, 0) is 6.07 Å². The molecule has 0 saturated carbocycles. The summed E-state index contributed by atoms with van der Waals surface area (Å²) in [5.74, 6) is 0. The van der Waals surface area contributed by atoms with Crippen molar-refractivity contribution in [2.45, 2.75) is 27.7 Å². The van der Waals surface area contributed by atoms with E-state index in [1.54, 1.807) is 12.5 Å². The van der Waals surface area contributed by atoms with Crippen molar-refractivity contribution in [3.63, 3.8) is 0 Å². The van der Waals surface area contributed by atoms with Gasteiger partial charge in [0.2, 0.25) is 0 Å². The van der Waals surface area contributed by atoms with Gasteiger partial charge in [0.1, 0.15) is 6.33 Å². The Kier molecular flexibility index (Phi) is 8.79. The van der Waals surface area contributed by atoms with Gasteiger partial charge in [0.05, 0.1) is 5.69 Å². The van der Waals surface area contributed by atoms with Crippen LogP contribution in [0.3, 0.4) is 0 Å². The van der Waals surface area contributed by atoms with E-state index in [4.69, 9.17) is 0 Å². The van der Waals surface area contributed by atoms with E-state index in [1.165, 1.54) is 0 Å². The van der Waals surface area contributed by atoms with Gasteiger partial charge in [0.25, 0.3) is 0 Å². The van der Waals surface area contributed by atoms with Crippen molar-refractivity contribution in [2.24, 2.45) is 0 Å². The highest BCUT2D eigenvalue weighted by Crippen LogP contribution is 2.13. The first-order valence-electron chi connectivity index (χ1n) is 5.78. The summed E-state index contributed by atoms with van der Waals surface area (Å²) in [7, 11) is 0. The van der Waals surface area contributed by atoms with Crippen LogP contribution in [0.5, 0.6) is 0 Å². The van der Waals surface area contributed by atoms with Gasteiger partial charge < -0.3 is 0 Å². The third kappa shape index (κ3) is 4.69. The summed E-state index contributed by atoms with van der Waals surface area (Å²) in [4.78, 5) is 8.00. The van der Waals surface area contributed by atoms with Crippen molar-refractivity contribution in [2.75, 3.05) is 0 Å². The standard InChI is InChI=1S/C10H8N2.2C2H6/c1-2-4-9(5-3-1)10-6-7-11-8-12-10;2*1-2/h1-8H;2*1-2H3. The largest absolute Gasteiger partial charge is 0.245 e. The van der Waals surface area contributed by atoms with Gasteiger partial charge in [-0.2, -0.15) is 0 Å². The molecule has 2 rings (SSSR count). The summed E-state index contributed by atoms with van der Waals surface area (Å²) in [5, 5.41) is 0. The normalized spacial score (nSPS) is 8.00. The Balaban J connectivity index is 0.000000509. The fraction of sp³-hybridized carbons (Fsp3) is 0.286. The summed E-state index contributed by atoms with van der Waals surface area (Å²) in [6.45, 7) is 8.00. The Morgan fingerprint density at radius 1 is 0.812 bits per heavy atom. The molecule has 0 aliphatic carbocycles. The highest BCUT2D eigenvalue weighted by molar-refractivity contribution is 5.57. The van der Waals surface area contributed by atoms with Crippen LogP contribution in [0.25, 0.3) is 11.3 Å². The molecule has 0 N–H and O–H groups in total. The van der Waals surface area contributed by atoms with E-state index in [0.29, 0.717) is 0 Å². The second kappa shape index (κ2) is 9.84. The van der Waals surface area contributed by atoms with E-state index in [0.717, 1.165) is 11.3 Å². The molecule has 1 aromatic heterocycles. The molecular weight excluding hydrogens is 196 g/mol. The van der Waals surface area contributed by atoms with Gasteiger partial charge in [-0.3, -0.25) is 0 Å². The van der Waals surface area contributed by atoms with Crippen molar-refractivity contribution in [1.29, 1.82) is 0 Å². The minimum absolute atomic E-state index is 0.964. The molecule has 0 aliphatic heterocycles. The molecule has 0 fully saturated rings. The molecule has 0 bridgehead atoms. The number of benzene rings is 1. The van der Waals surface area contributed by atoms with E-state index in [-0.39, 0.29) is 0 Å². The van der Waals surface area contributed by atoms with E-state index in [9.17, 15) is 0 Å². The lowest BCUT2D eigenvalue weighted by molar-refractivity contribution is 1.17. The predicted octanol–water partition coefficient (Wildman–Crippen LogP) is 4.20. The average molecular weight is 216 g/mol. The molecule has 0 radical (unpaired) electrons. The third-order valence-corrected chi connectivity index (χ3v) is 1.65. The number of nitrogens with zero attached hydrogens (tertiary/aromatic N) is 2. The van der Waals surface area contributed by atoms with Crippen molar-refractivity contribution < 1.29 is 0 Å². The van der Waals surface area contributed by atoms with Crippen molar-refractivity contribution in [3.05, 3.63) is 48.9 Å². The van der Waals surface area contributed by atoms with Crippen LogP contribution in [-0.4, -0.2) is 9.97 Å². The van der Waals surface area contributed by atoms with Crippen LogP contribution in [0.2, 0.25) is 0 Å². The monoisotopic (exact) mass is 216 g/mol. The second-order valence-electron chi connectivity index (χ2n) is 2.46. The van der Waals surface area contributed by atoms with Gasteiger partial charge in [-0.1, -0.05) is 58.0 Å². The zero-order valence-corrected chi connectivity index (χ0v) is 10.5. The summed E-state index contributed by atoms with van der Waals surface area (Å²) < 4.78 is 0. The Labute approximate surface area is 98.4 Å². The Morgan fingerprint density at radius 2 is 1.44 bits per heavy atom. The van der Waals surface area contributed by atoms with E-state index < -0.39 is 0 Å². The molecule has 2 aromatic rings. The minimum atomic E-state index is 0.964. The molecule has 2 heteroatoms. The van der Waals surface area contributed by atoms with Crippen LogP contribution < -0.4 is 0 Å². The van der Waals surface area contributed by atoms with Crippen LogP contribution in [0, 0.1) is 0 Å². The first kappa shape index (κ1) is 14.3. The lowest BCUT2D eigenvalue weighted by atomic mass is 10.1. The van der Waals surface area contributed by atoms with Crippen molar-refractivity contribution >= 4 is 0 Å². The van der Waals surface area contributed by atoms with Crippen LogP contribution in [-0.2, 0) is 0 Å². The maximum Gasteiger partial charge on any atom is 0.116 e. The Bertz CT molecular complexity index is 306. The smallest absolute Gasteiger partial charge is 0.116 e. The maximum absolute atomic E-state index is 4.14. The minimum Gasteiger partial charge on any atom is -0.245 e. The average Bonchev–Trinajstić information content (AvgIpc) is 2.45. The highest BCUT2D eigenvalue weighted by atomic mass is 14.8. The molecule has 16 heavy (non-hydrogen) atoms. The Hall–Kier alpha value is -1.70. The number of aromatic nitrogens is 2. The molecule has 2 nitrogen and oxygen atoms in total. The van der Waals surface area contributed by atoms with Crippen LogP contribution in [0.1, 0.15) is 27.7 Å². The summed E-state index contributed by atoms with van der Waals surface area (Å²) >= 11 is 0. The van der Waals surface area contributed by atoms with E-state index in [1.807, 2.05) is 64.1 Å². The van der Waals surface area contributed by atoms with Gasteiger partial charge in [0, 0.05) is 11.8 Å². The molecule has 0 unspecified atom stereocenters. The molecule has 0 atom stereocenters. The summed E-state index contributed by atoms with van der Waals surface area (Å²) in [5.41, 5.74) is 2.09. The van der Waals surface area contributed by atoms with Gasteiger partial charge in [-0.25, -0.2) is 9.97 Å². The molecule has 0 amide bonds. The zero-order valence-electron chi connectivity index (χ0n) is 10.5. The van der Waals surface area contributed by atoms with Gasteiger partial charge in [0.15, 0.2) is 0 Å². The topological polar surface area (TPSA) is 25.8 Å². The lowest BCUT2D eigenvalue weighted by Gasteiger charge is -1.96. The second-order valence-corrected chi connectivity index (χ2v) is 2.46. The highest BCUT2D eigenvalue weighted by Gasteiger charge is 1.94. The van der Waals surface area contributed by atoms with E-state index >= 15 is 0 Å². The van der Waals surface area contributed by atoms with Crippen molar-refractivity contribution in [1.82, 2.24) is 9.97 Å². The van der Waals surface area contributed by atoms with Gasteiger partial charge in [-0.15, -0.1) is 0 Å². The molecule has 1 aromatic carbocycles. The fourth-order valence-corrected chi connectivity index (χ4v) is 1.07. The molecule has 0 aliphatic rings. The fourth-order valence-electron chi connectivity index (χ4n) is 1.07. The predicted molar refractivity (Wildman–Crippen MR) is 70.2 cm³/mol. The zero-order chi connectivity index (χ0) is 12.2. The first-order chi connectivity index (χ1) is 7.97. The lowest BCUT2D eigenvalue weighted by Crippen LogP contribution is -1.82. The first-order valence-corrected chi connectivity index (χ1v) is 5.78. The number of rotatable bonds is 1. The molecular formula is C14H20N2. The number of hydrogen-bond acceptors (Lipinski definition) is 2. The third-order valence-electron chi connectivity index (χ3n) is 1.65. The molecule has 86 valence electrons. The SMILES string of the molecule is CC.CC.c1ccc(-c2ccncn2)cc1. The summed E-state index contributed by atoms with van der Waals surface area (Å²) in [6.07, 6.45) is 3.30.